The first-order chi connectivity index (χ1) is 29.9. The van der Waals surface area contributed by atoms with Crippen molar-refractivity contribution in [3.8, 4) is 0 Å². The minimum absolute atomic E-state index is 0.177. The van der Waals surface area contributed by atoms with Gasteiger partial charge < -0.3 is 20.1 Å². The van der Waals surface area contributed by atoms with Gasteiger partial charge in [0.15, 0.2) is 0 Å². The number of thioether (sulfide) groups is 2. The van der Waals surface area contributed by atoms with Crippen LogP contribution >= 0.6 is 23.5 Å². The second-order valence-electron chi connectivity index (χ2n) is 17.0. The molecule has 0 heterocycles. The van der Waals surface area contributed by atoms with Gasteiger partial charge in [0.1, 0.15) is 0 Å². The van der Waals surface area contributed by atoms with Gasteiger partial charge in [-0.25, -0.2) is 0 Å². The van der Waals surface area contributed by atoms with Crippen molar-refractivity contribution in [1.29, 1.82) is 0 Å². The minimum atomic E-state index is -0.275. The molecule has 8 nitrogen and oxygen atoms in total. The molecule has 0 radical (unpaired) electrons. The van der Waals surface area contributed by atoms with E-state index in [0.717, 1.165) is 54.8 Å². The second-order valence-corrected chi connectivity index (χ2v) is 19.2. The minimum Gasteiger partial charge on any atom is -0.466 e. The first kappa shape index (κ1) is 56.8. The van der Waals surface area contributed by atoms with Crippen LogP contribution in [0.25, 0.3) is 0 Å². The van der Waals surface area contributed by atoms with E-state index < -0.39 is 0 Å². The Morgan fingerprint density at radius 2 is 0.689 bits per heavy atom. The Kier molecular flexibility index (Phi) is 40.1. The number of hydrogen-bond donors (Lipinski definition) is 2. The lowest BCUT2D eigenvalue weighted by molar-refractivity contribution is -0.144. The molecule has 0 bridgehead atoms. The summed E-state index contributed by atoms with van der Waals surface area (Å²) in [6.07, 6.45) is 42.1. The summed E-state index contributed by atoms with van der Waals surface area (Å²) < 4.78 is 10.8. The number of hydrogen-bond acceptors (Lipinski definition) is 8. The van der Waals surface area contributed by atoms with E-state index in [1.54, 1.807) is 18.2 Å². The predicted octanol–water partition coefficient (Wildman–Crippen LogP) is 16.9. The van der Waals surface area contributed by atoms with Crippen LogP contribution in [0.5, 0.6) is 0 Å². The van der Waals surface area contributed by atoms with E-state index in [9.17, 15) is 19.2 Å². The van der Waals surface area contributed by atoms with E-state index in [1.807, 2.05) is 6.92 Å². The molecule has 0 aliphatic heterocycles. The van der Waals surface area contributed by atoms with Gasteiger partial charge >= 0.3 is 11.9 Å². The summed E-state index contributed by atoms with van der Waals surface area (Å²) in [6, 6.07) is 5.32. The SMILES string of the molecule is CCCCCCCCCCCCCCCCCCOC(=O)CCSC(=O)Nc1cccc(NC(=O)SCCC(=O)OCCCCCCCCCCCCCCCCCC)c1C. The summed E-state index contributed by atoms with van der Waals surface area (Å²) >= 11 is 2.08. The van der Waals surface area contributed by atoms with Crippen LogP contribution in [0.1, 0.15) is 238 Å². The van der Waals surface area contributed by atoms with Crippen LogP contribution in [0, 0.1) is 6.92 Å². The van der Waals surface area contributed by atoms with Gasteiger partial charge in [-0.3, -0.25) is 19.2 Å². The first-order valence-electron chi connectivity index (χ1n) is 25.2. The summed E-state index contributed by atoms with van der Waals surface area (Å²) in [5, 5.41) is 5.19. The highest BCUT2D eigenvalue weighted by Gasteiger charge is 2.13. The third-order valence-electron chi connectivity index (χ3n) is 11.4. The van der Waals surface area contributed by atoms with Crippen molar-refractivity contribution in [2.75, 3.05) is 35.4 Å². The summed E-state index contributed by atoms with van der Waals surface area (Å²) in [5.41, 5.74) is 1.90. The van der Waals surface area contributed by atoms with Crippen molar-refractivity contribution in [2.45, 2.75) is 239 Å². The van der Waals surface area contributed by atoms with Crippen molar-refractivity contribution in [3.05, 3.63) is 23.8 Å². The smallest absolute Gasteiger partial charge is 0.306 e. The molecule has 352 valence electrons. The number of amides is 2. The number of anilines is 2. The lowest BCUT2D eigenvalue weighted by Crippen LogP contribution is -2.12. The van der Waals surface area contributed by atoms with Crippen LogP contribution in [0.2, 0.25) is 0 Å². The predicted molar refractivity (Wildman–Crippen MR) is 264 cm³/mol. The zero-order valence-electron chi connectivity index (χ0n) is 39.4. The summed E-state index contributed by atoms with van der Waals surface area (Å²) in [4.78, 5) is 49.6. The van der Waals surface area contributed by atoms with Gasteiger partial charge in [-0.1, -0.05) is 236 Å². The molecule has 0 saturated heterocycles. The molecule has 0 unspecified atom stereocenters. The third kappa shape index (κ3) is 36.9. The van der Waals surface area contributed by atoms with Gasteiger partial charge in [0, 0.05) is 22.9 Å². The van der Waals surface area contributed by atoms with Crippen LogP contribution < -0.4 is 10.6 Å². The zero-order valence-corrected chi connectivity index (χ0v) is 41.0. The van der Waals surface area contributed by atoms with Crippen LogP contribution in [0.4, 0.5) is 21.0 Å². The third-order valence-corrected chi connectivity index (χ3v) is 13.0. The Morgan fingerprint density at radius 3 is 0.967 bits per heavy atom. The highest BCUT2D eigenvalue weighted by Crippen LogP contribution is 2.26. The fourth-order valence-electron chi connectivity index (χ4n) is 7.47. The van der Waals surface area contributed by atoms with Crippen molar-refractivity contribution in [1.82, 2.24) is 0 Å². The molecule has 1 aromatic carbocycles. The standard InChI is InChI=1S/C51H90N2O6S2/c1-4-6-8-10-12-14-16-18-20-22-24-26-28-30-32-34-41-58-48(54)39-43-60-50(56)52-46-37-36-38-47(45(46)3)53-51(57)61-44-40-49(55)59-42-35-33-31-29-27-25-23-21-19-17-15-13-11-9-7-5-2/h36-38H,4-35,39-44H2,1-3H3,(H,52,56)(H,53,57). The van der Waals surface area contributed by atoms with E-state index >= 15 is 0 Å². The van der Waals surface area contributed by atoms with Gasteiger partial charge in [-0.2, -0.15) is 0 Å². The molecule has 2 amide bonds. The lowest BCUT2D eigenvalue weighted by Gasteiger charge is -2.13. The number of nitrogens with one attached hydrogen (secondary N) is 2. The van der Waals surface area contributed by atoms with E-state index in [2.05, 4.69) is 24.5 Å². The number of rotatable bonds is 42. The molecule has 0 fully saturated rings. The van der Waals surface area contributed by atoms with Crippen molar-refractivity contribution in [3.63, 3.8) is 0 Å². The highest BCUT2D eigenvalue weighted by molar-refractivity contribution is 8.14. The first-order valence-corrected chi connectivity index (χ1v) is 27.1. The molecular formula is C51H90N2O6S2. The molecule has 0 atom stereocenters. The normalized spacial score (nSPS) is 11.1. The number of carbonyl (C=O) groups excluding carboxylic acids is 4. The Labute approximate surface area is 382 Å². The molecule has 2 N–H and O–H groups in total. The molecule has 0 saturated carbocycles. The van der Waals surface area contributed by atoms with Crippen LogP contribution in [-0.2, 0) is 19.1 Å². The monoisotopic (exact) mass is 891 g/mol. The molecular weight excluding hydrogens is 801 g/mol. The topological polar surface area (TPSA) is 111 Å². The maximum absolute atomic E-state index is 12.6. The molecule has 0 aliphatic rings. The van der Waals surface area contributed by atoms with Gasteiger partial charge in [0.25, 0.3) is 10.5 Å². The van der Waals surface area contributed by atoms with Crippen LogP contribution in [0.3, 0.4) is 0 Å². The number of ether oxygens (including phenoxy) is 2. The lowest BCUT2D eigenvalue weighted by atomic mass is 10.0. The average molecular weight is 891 g/mol. The Balaban J connectivity index is 2.02. The van der Waals surface area contributed by atoms with Gasteiger partial charge in [0.2, 0.25) is 0 Å². The summed E-state index contributed by atoms with van der Waals surface area (Å²) in [6.45, 7) is 7.25. The van der Waals surface area contributed by atoms with E-state index in [4.69, 9.17) is 9.47 Å². The van der Waals surface area contributed by atoms with Gasteiger partial charge in [0.05, 0.1) is 26.1 Å². The fraction of sp³-hybridized carbons (Fsp3) is 0.804. The molecule has 0 spiro atoms. The van der Waals surface area contributed by atoms with Crippen LogP contribution in [-0.4, -0.2) is 47.1 Å². The molecule has 1 rings (SSSR count). The van der Waals surface area contributed by atoms with E-state index in [1.165, 1.54) is 180 Å². The Hall–Kier alpha value is -2.20. The average Bonchev–Trinajstić information content (AvgIpc) is 3.24. The van der Waals surface area contributed by atoms with Crippen molar-refractivity contribution < 1.29 is 28.7 Å². The van der Waals surface area contributed by atoms with Crippen LogP contribution in [0.15, 0.2) is 18.2 Å². The summed E-state index contributed by atoms with van der Waals surface area (Å²) in [7, 11) is 0. The van der Waals surface area contributed by atoms with Crippen molar-refractivity contribution >= 4 is 57.3 Å². The molecule has 0 aliphatic carbocycles. The number of carbonyl (C=O) groups is 4. The molecule has 0 aromatic heterocycles. The molecule has 1 aromatic rings. The Bertz CT molecular complexity index is 1140. The largest absolute Gasteiger partial charge is 0.466 e. The molecule has 10 heteroatoms. The summed E-state index contributed by atoms with van der Waals surface area (Å²) in [5.74, 6) is 0.113. The number of unbranched alkanes of at least 4 members (excludes halogenated alkanes) is 30. The maximum Gasteiger partial charge on any atom is 0.306 e. The maximum atomic E-state index is 12.6. The van der Waals surface area contributed by atoms with Gasteiger partial charge in [-0.15, -0.1) is 0 Å². The number of benzene rings is 1. The number of esters is 2. The second kappa shape index (κ2) is 43.1. The van der Waals surface area contributed by atoms with E-state index in [-0.39, 0.29) is 35.3 Å². The van der Waals surface area contributed by atoms with Gasteiger partial charge in [-0.05, 0) is 37.5 Å². The molecule has 61 heavy (non-hydrogen) atoms. The Morgan fingerprint density at radius 1 is 0.426 bits per heavy atom. The zero-order chi connectivity index (χ0) is 44.3. The fourth-order valence-corrected chi connectivity index (χ4v) is 8.74. The quantitative estimate of drug-likeness (QED) is 0.0493. The highest BCUT2D eigenvalue weighted by atomic mass is 32.2. The van der Waals surface area contributed by atoms with E-state index in [0.29, 0.717) is 36.1 Å². The van der Waals surface area contributed by atoms with Crippen molar-refractivity contribution in [2.24, 2.45) is 0 Å².